The smallest absolute Gasteiger partial charge is 0.119 e. The second-order valence-corrected chi connectivity index (χ2v) is 5.32. The Bertz CT molecular complexity index is 572. The quantitative estimate of drug-likeness (QED) is 0.926. The lowest BCUT2D eigenvalue weighted by Crippen LogP contribution is -2.28. The van der Waals surface area contributed by atoms with E-state index in [0.717, 1.165) is 30.9 Å². The maximum Gasteiger partial charge on any atom is 0.119 e. The number of rotatable bonds is 4. The van der Waals surface area contributed by atoms with Crippen molar-refractivity contribution in [3.05, 3.63) is 65.2 Å². The molecule has 20 heavy (non-hydrogen) atoms. The Labute approximate surface area is 120 Å². The zero-order chi connectivity index (χ0) is 13.9. The molecule has 0 fully saturated rings. The summed E-state index contributed by atoms with van der Waals surface area (Å²) in [5.41, 5.74) is 10.3. The van der Waals surface area contributed by atoms with Crippen molar-refractivity contribution in [1.29, 1.82) is 0 Å². The van der Waals surface area contributed by atoms with Crippen LogP contribution in [0.5, 0.6) is 5.75 Å². The highest BCUT2D eigenvalue weighted by atomic mass is 16.5. The molecule has 1 unspecified atom stereocenters. The van der Waals surface area contributed by atoms with Crippen LogP contribution in [-0.4, -0.2) is 18.6 Å². The van der Waals surface area contributed by atoms with Gasteiger partial charge in [-0.05, 0) is 28.8 Å². The van der Waals surface area contributed by atoms with Crippen LogP contribution in [0.1, 0.15) is 22.7 Å². The molecular formula is C17H20N2O. The zero-order valence-electron chi connectivity index (χ0n) is 11.8. The first-order chi connectivity index (χ1) is 9.76. The van der Waals surface area contributed by atoms with E-state index < -0.39 is 0 Å². The Morgan fingerprint density at radius 2 is 1.80 bits per heavy atom. The second kappa shape index (κ2) is 5.65. The molecule has 0 aromatic heterocycles. The van der Waals surface area contributed by atoms with Gasteiger partial charge in [-0.25, -0.2) is 0 Å². The van der Waals surface area contributed by atoms with Crippen LogP contribution >= 0.6 is 0 Å². The number of nitrogens with two attached hydrogens (primary N) is 1. The van der Waals surface area contributed by atoms with Gasteiger partial charge in [-0.1, -0.05) is 36.4 Å². The SMILES string of the molecule is COc1cccc(C(N)CN2Cc3ccccc3C2)c1. The third kappa shape index (κ3) is 2.69. The highest BCUT2D eigenvalue weighted by Crippen LogP contribution is 2.25. The monoisotopic (exact) mass is 268 g/mol. The van der Waals surface area contributed by atoms with Crippen LogP contribution < -0.4 is 10.5 Å². The predicted molar refractivity (Wildman–Crippen MR) is 80.5 cm³/mol. The molecule has 0 bridgehead atoms. The Morgan fingerprint density at radius 3 is 2.45 bits per heavy atom. The third-order valence-corrected chi connectivity index (χ3v) is 3.88. The predicted octanol–water partition coefficient (Wildman–Crippen LogP) is 2.71. The van der Waals surface area contributed by atoms with Crippen molar-refractivity contribution in [2.75, 3.05) is 13.7 Å². The molecule has 0 spiro atoms. The van der Waals surface area contributed by atoms with Gasteiger partial charge in [0.2, 0.25) is 0 Å². The summed E-state index contributed by atoms with van der Waals surface area (Å²) in [6.45, 7) is 2.85. The van der Waals surface area contributed by atoms with E-state index in [4.69, 9.17) is 10.5 Å². The lowest BCUT2D eigenvalue weighted by Gasteiger charge is -2.20. The second-order valence-electron chi connectivity index (χ2n) is 5.32. The summed E-state index contributed by atoms with van der Waals surface area (Å²) in [6, 6.07) is 16.6. The zero-order valence-corrected chi connectivity index (χ0v) is 11.8. The van der Waals surface area contributed by atoms with Gasteiger partial charge in [0.15, 0.2) is 0 Å². The van der Waals surface area contributed by atoms with E-state index in [2.05, 4.69) is 35.2 Å². The molecule has 1 heterocycles. The van der Waals surface area contributed by atoms with Crippen LogP contribution in [-0.2, 0) is 13.1 Å². The Morgan fingerprint density at radius 1 is 1.10 bits per heavy atom. The summed E-state index contributed by atoms with van der Waals surface area (Å²) in [6.07, 6.45) is 0. The lowest BCUT2D eigenvalue weighted by atomic mass is 10.1. The summed E-state index contributed by atoms with van der Waals surface area (Å²) < 4.78 is 5.26. The molecule has 0 saturated heterocycles. The Kier molecular flexibility index (Phi) is 3.72. The van der Waals surface area contributed by atoms with E-state index in [1.165, 1.54) is 11.1 Å². The Hall–Kier alpha value is -1.84. The minimum absolute atomic E-state index is 0.0133. The molecule has 104 valence electrons. The number of methoxy groups -OCH3 is 1. The number of ether oxygens (including phenoxy) is 1. The van der Waals surface area contributed by atoms with Crippen molar-refractivity contribution in [1.82, 2.24) is 4.90 Å². The van der Waals surface area contributed by atoms with Crippen molar-refractivity contribution in [2.45, 2.75) is 19.1 Å². The topological polar surface area (TPSA) is 38.5 Å². The van der Waals surface area contributed by atoms with E-state index in [-0.39, 0.29) is 6.04 Å². The molecular weight excluding hydrogens is 248 g/mol. The van der Waals surface area contributed by atoms with E-state index in [9.17, 15) is 0 Å². The largest absolute Gasteiger partial charge is 0.497 e. The van der Waals surface area contributed by atoms with Crippen molar-refractivity contribution < 1.29 is 4.74 Å². The third-order valence-electron chi connectivity index (χ3n) is 3.88. The minimum Gasteiger partial charge on any atom is -0.497 e. The van der Waals surface area contributed by atoms with Gasteiger partial charge in [-0.2, -0.15) is 0 Å². The molecule has 0 radical (unpaired) electrons. The lowest BCUT2D eigenvalue weighted by molar-refractivity contribution is 0.265. The molecule has 2 aromatic rings. The van der Waals surface area contributed by atoms with Gasteiger partial charge in [0.25, 0.3) is 0 Å². The maximum atomic E-state index is 6.34. The number of hydrogen-bond acceptors (Lipinski definition) is 3. The fourth-order valence-electron chi connectivity index (χ4n) is 2.79. The summed E-state index contributed by atoms with van der Waals surface area (Å²) in [7, 11) is 1.68. The molecule has 3 rings (SSSR count). The van der Waals surface area contributed by atoms with Crippen LogP contribution in [0.3, 0.4) is 0 Å². The van der Waals surface area contributed by atoms with Crippen LogP contribution in [0.4, 0.5) is 0 Å². The van der Waals surface area contributed by atoms with Crippen LogP contribution in [0.2, 0.25) is 0 Å². The average molecular weight is 268 g/mol. The first-order valence-electron chi connectivity index (χ1n) is 6.95. The number of fused-ring (bicyclic) bond motifs is 1. The molecule has 2 N–H and O–H groups in total. The van der Waals surface area contributed by atoms with Gasteiger partial charge in [0.1, 0.15) is 5.75 Å². The highest BCUT2D eigenvalue weighted by Gasteiger charge is 2.20. The van der Waals surface area contributed by atoms with E-state index >= 15 is 0 Å². The van der Waals surface area contributed by atoms with E-state index in [1.54, 1.807) is 7.11 Å². The molecule has 1 aliphatic rings. The van der Waals surface area contributed by atoms with Gasteiger partial charge >= 0.3 is 0 Å². The average Bonchev–Trinajstić information content (AvgIpc) is 2.89. The van der Waals surface area contributed by atoms with E-state index in [0.29, 0.717) is 0 Å². The first-order valence-corrected chi connectivity index (χ1v) is 6.95. The fraction of sp³-hybridized carbons (Fsp3) is 0.294. The van der Waals surface area contributed by atoms with Gasteiger partial charge < -0.3 is 10.5 Å². The van der Waals surface area contributed by atoms with Crippen molar-refractivity contribution in [3.63, 3.8) is 0 Å². The van der Waals surface area contributed by atoms with Crippen molar-refractivity contribution >= 4 is 0 Å². The maximum absolute atomic E-state index is 6.34. The van der Waals surface area contributed by atoms with Crippen molar-refractivity contribution in [2.24, 2.45) is 5.73 Å². The molecule has 2 aromatic carbocycles. The van der Waals surface area contributed by atoms with Crippen LogP contribution in [0.15, 0.2) is 48.5 Å². The standard InChI is InChI=1S/C17H20N2O/c1-20-16-8-4-7-13(9-16)17(18)12-19-10-14-5-2-3-6-15(14)11-19/h2-9,17H,10-12,18H2,1H3. The molecule has 3 heteroatoms. The normalized spacial score (nSPS) is 15.9. The number of hydrogen-bond donors (Lipinski definition) is 1. The minimum atomic E-state index is 0.0133. The number of nitrogens with zero attached hydrogens (tertiary/aromatic N) is 1. The summed E-state index contributed by atoms with van der Waals surface area (Å²) in [4.78, 5) is 2.40. The van der Waals surface area contributed by atoms with Gasteiger partial charge in [-0.15, -0.1) is 0 Å². The molecule has 0 amide bonds. The molecule has 3 nitrogen and oxygen atoms in total. The Balaban J connectivity index is 1.67. The van der Waals surface area contributed by atoms with Crippen LogP contribution in [0.25, 0.3) is 0 Å². The van der Waals surface area contributed by atoms with Crippen molar-refractivity contribution in [3.8, 4) is 5.75 Å². The van der Waals surface area contributed by atoms with Gasteiger partial charge in [0.05, 0.1) is 7.11 Å². The highest BCUT2D eigenvalue weighted by molar-refractivity contribution is 5.32. The summed E-state index contributed by atoms with van der Waals surface area (Å²) >= 11 is 0. The van der Waals surface area contributed by atoms with Gasteiger partial charge in [0, 0.05) is 25.7 Å². The first kappa shape index (κ1) is 13.2. The molecule has 1 aliphatic heterocycles. The van der Waals surface area contributed by atoms with Crippen LogP contribution in [0, 0.1) is 0 Å². The molecule has 1 atom stereocenters. The fourth-order valence-corrected chi connectivity index (χ4v) is 2.79. The summed E-state index contributed by atoms with van der Waals surface area (Å²) in [5, 5.41) is 0. The number of benzene rings is 2. The van der Waals surface area contributed by atoms with Gasteiger partial charge in [-0.3, -0.25) is 4.90 Å². The van der Waals surface area contributed by atoms with E-state index in [1.807, 2.05) is 18.2 Å². The summed E-state index contributed by atoms with van der Waals surface area (Å²) in [5.74, 6) is 0.864. The molecule has 0 aliphatic carbocycles. The molecule has 0 saturated carbocycles.